The normalized spacial score (nSPS) is 13.7. The van der Waals surface area contributed by atoms with E-state index in [4.69, 9.17) is 5.73 Å². The van der Waals surface area contributed by atoms with Gasteiger partial charge in [0.2, 0.25) is 17.7 Å². The molecule has 4 atom stereocenters. The van der Waals surface area contributed by atoms with E-state index in [1.807, 2.05) is 42.5 Å². The van der Waals surface area contributed by atoms with Crippen molar-refractivity contribution in [3.63, 3.8) is 0 Å². The number of hydrogen-bond acceptors (Lipinski definition) is 6. The molecule has 0 aliphatic rings. The number of benzene rings is 3. The quantitative estimate of drug-likeness (QED) is 0.0834. The first-order valence-electron chi connectivity index (χ1n) is 15.3. The van der Waals surface area contributed by atoms with Crippen LogP contribution in [0.15, 0.2) is 91.3 Å². The molecule has 5 rings (SSSR count). The number of aromatic amines is 2. The summed E-state index contributed by atoms with van der Waals surface area (Å²) in [5.74, 6) is -5.20. The second kappa shape index (κ2) is 15.1. The number of aliphatic carboxylic acids is 2. The topological polar surface area (TPSA) is 219 Å². The number of hydrogen-bond donors (Lipinski definition) is 8. The van der Waals surface area contributed by atoms with Crippen LogP contribution in [-0.2, 0) is 43.2 Å². The van der Waals surface area contributed by atoms with Gasteiger partial charge in [-0.05, 0) is 35.2 Å². The van der Waals surface area contributed by atoms with Crippen LogP contribution in [0.5, 0.6) is 0 Å². The number of H-pyrrole nitrogens is 2. The largest absolute Gasteiger partial charge is 0.481 e. The van der Waals surface area contributed by atoms with Gasteiger partial charge < -0.3 is 41.9 Å². The lowest BCUT2D eigenvalue weighted by Gasteiger charge is -2.25. The van der Waals surface area contributed by atoms with Crippen LogP contribution in [-0.4, -0.2) is 74.0 Å². The number of nitrogens with one attached hydrogen (secondary N) is 5. The van der Waals surface area contributed by atoms with Gasteiger partial charge in [-0.1, -0.05) is 66.7 Å². The molecule has 0 aliphatic carbocycles. The molecule has 0 saturated carbocycles. The Hall–Kier alpha value is -5.95. The molecule has 0 unspecified atom stereocenters. The summed E-state index contributed by atoms with van der Waals surface area (Å²) in [5, 5.41) is 28.6. The first-order valence-corrected chi connectivity index (χ1v) is 15.3. The molecule has 248 valence electrons. The number of amides is 3. The molecule has 0 spiro atoms. The maximum atomic E-state index is 13.7. The van der Waals surface area contributed by atoms with Gasteiger partial charge in [-0.15, -0.1) is 0 Å². The monoisotopic (exact) mass is 652 g/mol. The molecule has 0 radical (unpaired) electrons. The number of carboxylic acid groups (broad SMARTS) is 2. The average molecular weight is 653 g/mol. The zero-order chi connectivity index (χ0) is 34.2. The zero-order valence-corrected chi connectivity index (χ0v) is 25.8. The van der Waals surface area contributed by atoms with Crippen molar-refractivity contribution in [1.29, 1.82) is 0 Å². The summed E-state index contributed by atoms with van der Waals surface area (Å²) in [6.07, 6.45) is 2.67. The number of carbonyl (C=O) groups is 5. The lowest BCUT2D eigenvalue weighted by molar-refractivity contribution is -0.143. The maximum Gasteiger partial charge on any atom is 0.326 e. The minimum atomic E-state index is -1.64. The van der Waals surface area contributed by atoms with Gasteiger partial charge in [0.1, 0.15) is 18.1 Å². The average Bonchev–Trinajstić information content (AvgIpc) is 3.67. The standard InChI is InChI=1S/C35H36N6O7/c36-25(15-21-18-37-26-12-6-4-10-23(21)26)32(44)39-28(14-20-8-2-1-3-9-20)33(45)40-29(17-31(42)43)34(46)41-30(35(47)48)16-22-19-38-27-13-7-5-11-24(22)27/h1-13,18-19,25,28-30,37-38H,14-17,36H2,(H,39,44)(H,40,45)(H,41,46)(H,42,43)(H,47,48)/t25-,28-,29-,30-/m0/s1. The Kier molecular flexibility index (Phi) is 10.5. The molecule has 2 aromatic heterocycles. The van der Waals surface area contributed by atoms with Crippen molar-refractivity contribution < 1.29 is 34.2 Å². The van der Waals surface area contributed by atoms with Crippen molar-refractivity contribution in [2.75, 3.05) is 0 Å². The number of nitrogens with two attached hydrogens (primary N) is 1. The lowest BCUT2D eigenvalue weighted by Crippen LogP contribution is -2.58. The molecule has 0 fully saturated rings. The van der Waals surface area contributed by atoms with E-state index in [1.165, 1.54) is 0 Å². The highest BCUT2D eigenvalue weighted by Gasteiger charge is 2.32. The van der Waals surface area contributed by atoms with Crippen LogP contribution in [0, 0.1) is 0 Å². The molecule has 3 aromatic carbocycles. The first kappa shape index (κ1) is 33.4. The van der Waals surface area contributed by atoms with Gasteiger partial charge in [-0.2, -0.15) is 0 Å². The molecular weight excluding hydrogens is 616 g/mol. The van der Waals surface area contributed by atoms with Gasteiger partial charge in [-0.3, -0.25) is 19.2 Å². The summed E-state index contributed by atoms with van der Waals surface area (Å²) in [4.78, 5) is 70.4. The van der Waals surface area contributed by atoms with E-state index >= 15 is 0 Å². The van der Waals surface area contributed by atoms with E-state index < -0.39 is 60.2 Å². The molecule has 13 nitrogen and oxygen atoms in total. The van der Waals surface area contributed by atoms with Crippen LogP contribution in [0.2, 0.25) is 0 Å². The van der Waals surface area contributed by atoms with Crippen LogP contribution < -0.4 is 21.7 Å². The number of aromatic nitrogens is 2. The highest BCUT2D eigenvalue weighted by molar-refractivity contribution is 5.96. The molecule has 0 saturated heterocycles. The molecule has 9 N–H and O–H groups in total. The molecule has 48 heavy (non-hydrogen) atoms. The SMILES string of the molecule is N[C@@H](Cc1c[nH]c2ccccc12)C(=O)N[C@@H](Cc1ccccc1)C(=O)N[C@@H](CC(=O)O)C(=O)N[C@@H](Cc1c[nH]c2ccccc12)C(=O)O. The van der Waals surface area contributed by atoms with Gasteiger partial charge in [0.05, 0.1) is 12.5 Å². The minimum absolute atomic E-state index is 0.0118. The predicted octanol–water partition coefficient (Wildman–Crippen LogP) is 2.02. The Bertz CT molecular complexity index is 1940. The van der Waals surface area contributed by atoms with E-state index in [1.54, 1.807) is 48.8 Å². The molecule has 5 aromatic rings. The third kappa shape index (κ3) is 8.25. The van der Waals surface area contributed by atoms with Gasteiger partial charge in [0.15, 0.2) is 0 Å². The van der Waals surface area contributed by atoms with Crippen molar-refractivity contribution in [1.82, 2.24) is 25.9 Å². The van der Waals surface area contributed by atoms with Crippen molar-refractivity contribution >= 4 is 51.5 Å². The van der Waals surface area contributed by atoms with Gasteiger partial charge in [-0.25, -0.2) is 4.79 Å². The Morgan fingerprint density at radius 2 is 1.10 bits per heavy atom. The third-order valence-corrected chi connectivity index (χ3v) is 8.09. The molecule has 0 bridgehead atoms. The molecular formula is C35H36N6O7. The number of carbonyl (C=O) groups excluding carboxylic acids is 3. The fourth-order valence-electron chi connectivity index (χ4n) is 5.62. The fraction of sp³-hybridized carbons (Fsp3) is 0.229. The summed E-state index contributed by atoms with van der Waals surface area (Å²) in [6, 6.07) is 18.3. The third-order valence-electron chi connectivity index (χ3n) is 8.09. The lowest BCUT2D eigenvalue weighted by atomic mass is 10.0. The number of fused-ring (bicyclic) bond motifs is 2. The zero-order valence-electron chi connectivity index (χ0n) is 25.8. The van der Waals surface area contributed by atoms with Crippen LogP contribution in [0.4, 0.5) is 0 Å². The summed E-state index contributed by atoms with van der Waals surface area (Å²) in [7, 11) is 0. The summed E-state index contributed by atoms with van der Waals surface area (Å²) in [6.45, 7) is 0. The van der Waals surface area contributed by atoms with E-state index in [2.05, 4.69) is 25.9 Å². The fourth-order valence-corrected chi connectivity index (χ4v) is 5.62. The van der Waals surface area contributed by atoms with Gasteiger partial charge >= 0.3 is 11.9 Å². The minimum Gasteiger partial charge on any atom is -0.481 e. The van der Waals surface area contributed by atoms with Crippen molar-refractivity contribution in [3.05, 3.63) is 108 Å². The highest BCUT2D eigenvalue weighted by Crippen LogP contribution is 2.20. The molecule has 3 amide bonds. The van der Waals surface area contributed by atoms with E-state index in [-0.39, 0.29) is 19.3 Å². The summed E-state index contributed by atoms with van der Waals surface area (Å²) >= 11 is 0. The number of rotatable bonds is 15. The molecule has 0 aliphatic heterocycles. The second-order valence-electron chi connectivity index (χ2n) is 11.5. The number of para-hydroxylation sites is 2. The van der Waals surface area contributed by atoms with Crippen LogP contribution in [0.25, 0.3) is 21.8 Å². The Labute approximate surface area is 274 Å². The summed E-state index contributed by atoms with van der Waals surface area (Å²) < 4.78 is 0. The van der Waals surface area contributed by atoms with Crippen molar-refractivity contribution in [3.8, 4) is 0 Å². The van der Waals surface area contributed by atoms with E-state index in [0.717, 1.165) is 27.4 Å². The summed E-state index contributed by atoms with van der Waals surface area (Å²) in [5.41, 5.74) is 10.1. The molecule has 2 heterocycles. The Balaban J connectivity index is 1.31. The van der Waals surface area contributed by atoms with E-state index in [9.17, 15) is 34.2 Å². The first-order chi connectivity index (χ1) is 23.1. The Morgan fingerprint density at radius 3 is 1.69 bits per heavy atom. The van der Waals surface area contributed by atoms with Crippen molar-refractivity contribution in [2.45, 2.75) is 49.9 Å². The van der Waals surface area contributed by atoms with Crippen LogP contribution >= 0.6 is 0 Å². The maximum absolute atomic E-state index is 13.7. The number of carboxylic acids is 2. The van der Waals surface area contributed by atoms with Crippen LogP contribution in [0.3, 0.4) is 0 Å². The smallest absolute Gasteiger partial charge is 0.326 e. The highest BCUT2D eigenvalue weighted by atomic mass is 16.4. The second-order valence-corrected chi connectivity index (χ2v) is 11.5. The van der Waals surface area contributed by atoms with Crippen LogP contribution in [0.1, 0.15) is 23.1 Å². The van der Waals surface area contributed by atoms with Gasteiger partial charge in [0, 0.05) is 47.0 Å². The van der Waals surface area contributed by atoms with Crippen molar-refractivity contribution in [2.24, 2.45) is 5.73 Å². The predicted molar refractivity (Wildman–Crippen MR) is 178 cm³/mol. The molecule has 13 heteroatoms. The van der Waals surface area contributed by atoms with E-state index in [0.29, 0.717) is 11.1 Å². The Morgan fingerprint density at radius 1 is 0.604 bits per heavy atom. The van der Waals surface area contributed by atoms with Gasteiger partial charge in [0.25, 0.3) is 0 Å².